The summed E-state index contributed by atoms with van der Waals surface area (Å²) in [6, 6.07) is 4.51. The summed E-state index contributed by atoms with van der Waals surface area (Å²) in [7, 11) is -4.03. The number of sulfonamides is 1. The Bertz CT molecular complexity index is 600. The maximum absolute atomic E-state index is 12.0. The number of nitrogens with one attached hydrogen (secondary N) is 1. The lowest BCUT2D eigenvalue weighted by Gasteiger charge is -2.11. The third-order valence-electron chi connectivity index (χ3n) is 2.31. The van der Waals surface area contributed by atoms with Gasteiger partial charge in [-0.15, -0.1) is 6.42 Å². The van der Waals surface area contributed by atoms with Gasteiger partial charge in [0.1, 0.15) is 0 Å². The minimum atomic E-state index is -4.50. The van der Waals surface area contributed by atoms with Gasteiger partial charge in [-0.05, 0) is 30.7 Å². The van der Waals surface area contributed by atoms with E-state index in [9.17, 15) is 21.6 Å². The van der Waals surface area contributed by atoms with Crippen molar-refractivity contribution < 1.29 is 21.6 Å². The molecule has 104 valence electrons. The summed E-state index contributed by atoms with van der Waals surface area (Å²) in [5.41, 5.74) is 1.34. The molecule has 0 bridgehead atoms. The van der Waals surface area contributed by atoms with Crippen molar-refractivity contribution in [2.24, 2.45) is 0 Å². The lowest BCUT2D eigenvalue weighted by atomic mass is 10.1. The fourth-order valence-electron chi connectivity index (χ4n) is 1.34. The molecule has 1 N–H and O–H groups in total. The molecule has 0 saturated carbocycles. The Hall–Kier alpha value is -1.68. The molecule has 0 spiro atoms. The van der Waals surface area contributed by atoms with Crippen LogP contribution < -0.4 is 4.72 Å². The monoisotopic (exact) mass is 291 g/mol. The molecule has 1 aromatic rings. The Morgan fingerprint density at radius 2 is 2.00 bits per heavy atom. The third kappa shape index (κ3) is 5.22. The molecule has 0 aliphatic heterocycles. The highest BCUT2D eigenvalue weighted by Crippen LogP contribution is 2.22. The van der Waals surface area contributed by atoms with Crippen LogP contribution in [0, 0.1) is 19.3 Å². The molecule has 7 heteroatoms. The van der Waals surface area contributed by atoms with E-state index in [0.717, 1.165) is 0 Å². The number of terminal acetylenes is 1. The first kappa shape index (κ1) is 15.4. The molecule has 0 amide bonds. The van der Waals surface area contributed by atoms with Gasteiger partial charge < -0.3 is 0 Å². The molecule has 0 aliphatic rings. The van der Waals surface area contributed by atoms with Crippen LogP contribution in [-0.2, 0) is 10.0 Å². The van der Waals surface area contributed by atoms with Crippen molar-refractivity contribution in [2.75, 3.05) is 10.5 Å². The molecule has 0 aliphatic carbocycles. The largest absolute Gasteiger partial charge is 0.390 e. The van der Waals surface area contributed by atoms with E-state index in [0.29, 0.717) is 11.1 Å². The maximum atomic E-state index is 12.0. The summed E-state index contributed by atoms with van der Waals surface area (Å²) in [6.07, 6.45) is -0.710. The zero-order valence-electron chi connectivity index (χ0n) is 10.1. The van der Waals surface area contributed by atoms with Gasteiger partial charge in [0.15, 0.2) is 0 Å². The first-order chi connectivity index (χ1) is 8.63. The molecule has 0 aromatic heterocycles. The Morgan fingerprint density at radius 1 is 1.37 bits per heavy atom. The first-order valence-electron chi connectivity index (χ1n) is 5.27. The molecule has 1 aromatic carbocycles. The van der Waals surface area contributed by atoms with Crippen LogP contribution in [0.25, 0.3) is 0 Å². The van der Waals surface area contributed by atoms with Crippen LogP contribution >= 0.6 is 0 Å². The second-order valence-corrected chi connectivity index (χ2v) is 5.80. The lowest BCUT2D eigenvalue weighted by molar-refractivity contribution is -0.129. The zero-order valence-corrected chi connectivity index (χ0v) is 10.9. The molecule has 3 nitrogen and oxygen atoms in total. The van der Waals surface area contributed by atoms with Gasteiger partial charge in [-0.3, -0.25) is 4.72 Å². The van der Waals surface area contributed by atoms with E-state index in [-0.39, 0.29) is 5.69 Å². The number of halogens is 3. The van der Waals surface area contributed by atoms with Crippen LogP contribution in [0.15, 0.2) is 18.2 Å². The first-order valence-corrected chi connectivity index (χ1v) is 6.93. The Kier molecular flexibility index (Phi) is 4.48. The summed E-state index contributed by atoms with van der Waals surface area (Å²) in [6.45, 7) is 1.61. The Labute approximate surface area is 109 Å². The zero-order chi connectivity index (χ0) is 14.7. The van der Waals surface area contributed by atoms with Crippen LogP contribution in [0.4, 0.5) is 18.9 Å². The van der Waals surface area contributed by atoms with E-state index in [2.05, 4.69) is 10.6 Å². The Morgan fingerprint density at radius 3 is 2.47 bits per heavy atom. The highest BCUT2D eigenvalue weighted by molar-refractivity contribution is 7.92. The average molecular weight is 291 g/mol. The number of anilines is 1. The second kappa shape index (κ2) is 5.53. The fourth-order valence-corrected chi connectivity index (χ4v) is 2.50. The van der Waals surface area contributed by atoms with Crippen LogP contribution in [0.5, 0.6) is 0 Å². The number of hydrogen-bond acceptors (Lipinski definition) is 2. The number of hydrogen-bond donors (Lipinski definition) is 1. The van der Waals surface area contributed by atoms with Gasteiger partial charge in [-0.2, -0.15) is 13.2 Å². The van der Waals surface area contributed by atoms with E-state index < -0.39 is 28.4 Å². The van der Waals surface area contributed by atoms with E-state index in [1.807, 2.05) is 0 Å². The summed E-state index contributed by atoms with van der Waals surface area (Å²) in [5, 5.41) is 0. The number of aryl methyl sites for hydroxylation is 1. The lowest BCUT2D eigenvalue weighted by Crippen LogP contribution is -2.22. The quantitative estimate of drug-likeness (QED) is 0.867. The van der Waals surface area contributed by atoms with Crippen molar-refractivity contribution in [1.82, 2.24) is 0 Å². The predicted molar refractivity (Wildman–Crippen MR) is 67.2 cm³/mol. The van der Waals surface area contributed by atoms with Gasteiger partial charge in [0.05, 0.1) is 17.9 Å². The molecular formula is C12H12F3NO2S. The molecule has 0 radical (unpaired) electrons. The van der Waals surface area contributed by atoms with Crippen molar-refractivity contribution in [2.45, 2.75) is 19.5 Å². The highest BCUT2D eigenvalue weighted by atomic mass is 32.2. The van der Waals surface area contributed by atoms with Gasteiger partial charge in [-0.1, -0.05) is 5.92 Å². The number of alkyl halides is 3. The van der Waals surface area contributed by atoms with Crippen molar-refractivity contribution >= 4 is 15.7 Å². The van der Waals surface area contributed by atoms with Crippen LogP contribution in [0.2, 0.25) is 0 Å². The predicted octanol–water partition coefficient (Wildman–Crippen LogP) is 2.67. The van der Waals surface area contributed by atoms with Crippen LogP contribution in [-0.4, -0.2) is 20.3 Å². The van der Waals surface area contributed by atoms with Crippen LogP contribution in [0.1, 0.15) is 17.5 Å². The normalized spacial score (nSPS) is 11.9. The van der Waals surface area contributed by atoms with E-state index in [1.54, 1.807) is 13.0 Å². The number of benzene rings is 1. The average Bonchev–Trinajstić information content (AvgIpc) is 2.28. The van der Waals surface area contributed by atoms with Gasteiger partial charge >= 0.3 is 6.18 Å². The minimum Gasteiger partial charge on any atom is -0.283 e. The summed E-state index contributed by atoms with van der Waals surface area (Å²) < 4.78 is 61.1. The minimum absolute atomic E-state index is 0.223. The summed E-state index contributed by atoms with van der Waals surface area (Å²) in [4.78, 5) is 0. The van der Waals surface area contributed by atoms with Gasteiger partial charge in [0.2, 0.25) is 10.0 Å². The molecular weight excluding hydrogens is 279 g/mol. The van der Waals surface area contributed by atoms with Crippen LogP contribution in [0.3, 0.4) is 0 Å². The fraction of sp³-hybridized carbons (Fsp3) is 0.333. The SMILES string of the molecule is C#Cc1ccc(NS(=O)(=O)CCC(F)(F)F)c(C)c1. The summed E-state index contributed by atoms with van der Waals surface area (Å²) >= 11 is 0. The maximum Gasteiger partial charge on any atom is 0.390 e. The highest BCUT2D eigenvalue weighted by Gasteiger charge is 2.30. The topological polar surface area (TPSA) is 46.2 Å². The van der Waals surface area contributed by atoms with Crippen molar-refractivity contribution in [3.8, 4) is 12.3 Å². The molecule has 0 heterocycles. The molecule has 0 atom stereocenters. The Balaban J connectivity index is 2.82. The third-order valence-corrected chi connectivity index (χ3v) is 3.59. The van der Waals surface area contributed by atoms with Crippen molar-refractivity contribution in [3.05, 3.63) is 29.3 Å². The number of rotatable bonds is 4. The van der Waals surface area contributed by atoms with Gasteiger partial charge in [0.25, 0.3) is 0 Å². The van der Waals surface area contributed by atoms with Crippen molar-refractivity contribution in [1.29, 1.82) is 0 Å². The molecule has 1 rings (SSSR count). The van der Waals surface area contributed by atoms with Gasteiger partial charge in [0, 0.05) is 5.56 Å². The van der Waals surface area contributed by atoms with Crippen molar-refractivity contribution in [3.63, 3.8) is 0 Å². The van der Waals surface area contributed by atoms with E-state index in [4.69, 9.17) is 6.42 Å². The molecule has 19 heavy (non-hydrogen) atoms. The second-order valence-electron chi connectivity index (χ2n) is 3.96. The van der Waals surface area contributed by atoms with Gasteiger partial charge in [-0.25, -0.2) is 8.42 Å². The molecule has 0 unspecified atom stereocenters. The van der Waals surface area contributed by atoms with E-state index >= 15 is 0 Å². The van der Waals surface area contributed by atoms with E-state index in [1.165, 1.54) is 12.1 Å². The standard InChI is InChI=1S/C12H12F3NO2S/c1-3-10-4-5-11(9(2)8-10)16-19(17,18)7-6-12(13,14)15/h1,4-5,8,16H,6-7H2,2H3. The smallest absolute Gasteiger partial charge is 0.283 e. The molecule has 0 fully saturated rings. The summed E-state index contributed by atoms with van der Waals surface area (Å²) in [5.74, 6) is 1.37. The molecule has 0 saturated heterocycles.